The second-order valence-corrected chi connectivity index (χ2v) is 9.40. The van der Waals surface area contributed by atoms with Crippen LogP contribution in [0.1, 0.15) is 42.1 Å². The molecule has 0 saturated carbocycles. The Hall–Kier alpha value is -2.74. The van der Waals surface area contributed by atoms with Crippen LogP contribution >= 0.6 is 39.7 Å². The lowest BCUT2D eigenvalue weighted by atomic mass is 9.98. The first kappa shape index (κ1) is 23.4. The van der Waals surface area contributed by atoms with Gasteiger partial charge in [-0.3, -0.25) is 10.1 Å². The standard InChI is InChI=1S/C25H21BrClN3O2S/c1-3-14(2)16-7-11-22-21(12-16)28-24(32-22)17-6-10-19(27)20(13-17)29-25(33)30-23(31)15-4-8-18(26)9-5-15/h4-14H,3H2,1-2H3,(H2,29,30,31,33)/t14-/m1/s1. The average Bonchev–Trinajstić information content (AvgIpc) is 3.23. The van der Waals surface area contributed by atoms with E-state index in [-0.39, 0.29) is 11.0 Å². The largest absolute Gasteiger partial charge is 0.436 e. The van der Waals surface area contributed by atoms with Crippen molar-refractivity contribution in [3.8, 4) is 11.5 Å². The highest BCUT2D eigenvalue weighted by Crippen LogP contribution is 2.31. The van der Waals surface area contributed by atoms with Gasteiger partial charge < -0.3 is 9.73 Å². The molecule has 2 N–H and O–H groups in total. The third-order valence-corrected chi connectivity index (χ3v) is 6.45. The first-order chi connectivity index (χ1) is 15.8. The third-order valence-electron chi connectivity index (χ3n) is 5.39. The van der Waals surface area contributed by atoms with Gasteiger partial charge in [-0.25, -0.2) is 4.98 Å². The Kier molecular flexibility index (Phi) is 7.12. The monoisotopic (exact) mass is 541 g/mol. The first-order valence-electron chi connectivity index (χ1n) is 10.4. The molecule has 3 aromatic carbocycles. The highest BCUT2D eigenvalue weighted by atomic mass is 79.9. The second-order valence-electron chi connectivity index (χ2n) is 7.67. The number of benzene rings is 3. The predicted molar refractivity (Wildman–Crippen MR) is 141 cm³/mol. The van der Waals surface area contributed by atoms with E-state index in [4.69, 9.17) is 28.2 Å². The number of amides is 1. The van der Waals surface area contributed by atoms with E-state index in [9.17, 15) is 4.79 Å². The number of hydrogen-bond donors (Lipinski definition) is 2. The quantitative estimate of drug-likeness (QED) is 0.255. The number of rotatable bonds is 5. The van der Waals surface area contributed by atoms with E-state index in [0.717, 1.165) is 27.6 Å². The molecule has 0 saturated heterocycles. The van der Waals surface area contributed by atoms with Gasteiger partial charge >= 0.3 is 0 Å². The van der Waals surface area contributed by atoms with E-state index >= 15 is 0 Å². The Morgan fingerprint density at radius 1 is 1.15 bits per heavy atom. The number of carbonyl (C=O) groups excluding carboxylic acids is 1. The summed E-state index contributed by atoms with van der Waals surface area (Å²) in [5.74, 6) is 0.619. The number of thiocarbonyl (C=S) groups is 1. The van der Waals surface area contributed by atoms with Crippen LogP contribution in [0.25, 0.3) is 22.6 Å². The van der Waals surface area contributed by atoms with Crippen LogP contribution in [0.4, 0.5) is 5.69 Å². The van der Waals surface area contributed by atoms with Gasteiger partial charge in [-0.05, 0) is 84.7 Å². The molecule has 0 spiro atoms. The molecule has 5 nitrogen and oxygen atoms in total. The molecule has 168 valence electrons. The van der Waals surface area contributed by atoms with Crippen LogP contribution in [0.3, 0.4) is 0 Å². The number of aromatic nitrogens is 1. The lowest BCUT2D eigenvalue weighted by molar-refractivity contribution is 0.0977. The number of oxazole rings is 1. The van der Waals surface area contributed by atoms with Crippen LogP contribution in [0.2, 0.25) is 5.02 Å². The van der Waals surface area contributed by atoms with Gasteiger partial charge in [0.2, 0.25) is 5.89 Å². The Morgan fingerprint density at radius 2 is 1.91 bits per heavy atom. The molecule has 1 atom stereocenters. The molecule has 8 heteroatoms. The number of carbonyl (C=O) groups is 1. The van der Waals surface area contributed by atoms with Crippen molar-refractivity contribution < 1.29 is 9.21 Å². The van der Waals surface area contributed by atoms with E-state index in [1.54, 1.807) is 36.4 Å². The molecule has 0 fully saturated rings. The summed E-state index contributed by atoms with van der Waals surface area (Å²) in [7, 11) is 0. The lowest BCUT2D eigenvalue weighted by Gasteiger charge is -2.12. The minimum atomic E-state index is -0.316. The molecular formula is C25H21BrClN3O2S. The average molecular weight is 543 g/mol. The van der Waals surface area contributed by atoms with Gasteiger partial charge in [0.1, 0.15) is 5.52 Å². The molecule has 0 unspecified atom stereocenters. The summed E-state index contributed by atoms with van der Waals surface area (Å²) in [4.78, 5) is 17.1. The zero-order valence-electron chi connectivity index (χ0n) is 18.0. The smallest absolute Gasteiger partial charge is 0.257 e. The van der Waals surface area contributed by atoms with Crippen LogP contribution in [-0.4, -0.2) is 16.0 Å². The molecule has 0 bridgehead atoms. The van der Waals surface area contributed by atoms with Crippen molar-refractivity contribution in [2.24, 2.45) is 0 Å². The van der Waals surface area contributed by atoms with Gasteiger partial charge in [0, 0.05) is 15.6 Å². The zero-order chi connectivity index (χ0) is 23.5. The Bertz CT molecular complexity index is 1340. The molecule has 0 aliphatic heterocycles. The van der Waals surface area contributed by atoms with Crippen molar-refractivity contribution in [3.63, 3.8) is 0 Å². The molecular weight excluding hydrogens is 522 g/mol. The maximum Gasteiger partial charge on any atom is 0.257 e. The van der Waals surface area contributed by atoms with Crippen molar-refractivity contribution in [1.82, 2.24) is 10.3 Å². The predicted octanol–water partition coefficient (Wildman–Crippen LogP) is 7.55. The highest BCUT2D eigenvalue weighted by molar-refractivity contribution is 9.10. The van der Waals surface area contributed by atoms with Crippen LogP contribution in [0, 0.1) is 0 Å². The van der Waals surface area contributed by atoms with Crippen LogP contribution in [0.15, 0.2) is 69.6 Å². The number of fused-ring (bicyclic) bond motifs is 1. The minimum absolute atomic E-state index is 0.137. The number of hydrogen-bond acceptors (Lipinski definition) is 4. The highest BCUT2D eigenvalue weighted by Gasteiger charge is 2.14. The Labute approximate surface area is 210 Å². The van der Waals surface area contributed by atoms with Crippen LogP contribution < -0.4 is 10.6 Å². The van der Waals surface area contributed by atoms with E-state index in [1.807, 2.05) is 12.1 Å². The molecule has 1 aromatic heterocycles. The maximum atomic E-state index is 12.4. The van der Waals surface area contributed by atoms with Gasteiger partial charge in [-0.2, -0.15) is 0 Å². The molecule has 0 aliphatic carbocycles. The van der Waals surface area contributed by atoms with Crippen molar-refractivity contribution in [2.45, 2.75) is 26.2 Å². The summed E-state index contributed by atoms with van der Waals surface area (Å²) in [6.07, 6.45) is 1.06. The molecule has 0 radical (unpaired) electrons. The molecule has 4 rings (SSSR count). The fraction of sp³-hybridized carbons (Fsp3) is 0.160. The third kappa shape index (κ3) is 5.43. The molecule has 33 heavy (non-hydrogen) atoms. The SMILES string of the molecule is CC[C@@H](C)c1ccc2oc(-c3ccc(Cl)c(NC(=S)NC(=O)c4ccc(Br)cc4)c3)nc2c1. The molecule has 1 amide bonds. The zero-order valence-corrected chi connectivity index (χ0v) is 21.1. The Balaban J connectivity index is 1.53. The fourth-order valence-corrected chi connectivity index (χ4v) is 3.93. The van der Waals surface area contributed by atoms with Gasteiger partial charge in [-0.15, -0.1) is 0 Å². The first-order valence-corrected chi connectivity index (χ1v) is 12.0. The molecule has 1 heterocycles. The van der Waals surface area contributed by atoms with E-state index < -0.39 is 0 Å². The van der Waals surface area contributed by atoms with Crippen molar-refractivity contribution in [2.75, 3.05) is 5.32 Å². The second kappa shape index (κ2) is 10.0. The number of nitrogens with zero attached hydrogens (tertiary/aromatic N) is 1. The van der Waals surface area contributed by atoms with Crippen molar-refractivity contribution in [3.05, 3.63) is 81.3 Å². The van der Waals surface area contributed by atoms with Crippen molar-refractivity contribution >= 4 is 67.6 Å². The van der Waals surface area contributed by atoms with Gasteiger partial charge in [0.25, 0.3) is 5.91 Å². The maximum absolute atomic E-state index is 12.4. The summed E-state index contributed by atoms with van der Waals surface area (Å²) in [5, 5.41) is 6.24. The van der Waals surface area contributed by atoms with Crippen LogP contribution in [-0.2, 0) is 0 Å². The summed E-state index contributed by atoms with van der Waals surface area (Å²) in [6.45, 7) is 4.36. The number of anilines is 1. The Morgan fingerprint density at radius 3 is 2.64 bits per heavy atom. The fourth-order valence-electron chi connectivity index (χ4n) is 3.29. The van der Waals surface area contributed by atoms with Gasteiger partial charge in [0.15, 0.2) is 10.7 Å². The van der Waals surface area contributed by atoms with E-state index in [1.165, 1.54) is 5.56 Å². The van der Waals surface area contributed by atoms with E-state index in [2.05, 4.69) is 57.5 Å². The lowest BCUT2D eigenvalue weighted by Crippen LogP contribution is -2.34. The summed E-state index contributed by atoms with van der Waals surface area (Å²) >= 11 is 15.0. The number of nitrogens with one attached hydrogen (secondary N) is 2. The molecule has 0 aliphatic rings. The van der Waals surface area contributed by atoms with Gasteiger partial charge in [0.05, 0.1) is 10.7 Å². The van der Waals surface area contributed by atoms with Crippen LogP contribution in [0.5, 0.6) is 0 Å². The summed E-state index contributed by atoms with van der Waals surface area (Å²) in [5.41, 5.74) is 4.53. The van der Waals surface area contributed by atoms with Crippen molar-refractivity contribution in [1.29, 1.82) is 0 Å². The summed E-state index contributed by atoms with van der Waals surface area (Å²) in [6, 6.07) is 18.4. The van der Waals surface area contributed by atoms with E-state index in [0.29, 0.717) is 28.1 Å². The topological polar surface area (TPSA) is 67.2 Å². The number of halogens is 2. The normalized spacial score (nSPS) is 11.9. The minimum Gasteiger partial charge on any atom is -0.436 e. The summed E-state index contributed by atoms with van der Waals surface area (Å²) < 4.78 is 6.85. The van der Waals surface area contributed by atoms with Gasteiger partial charge in [-0.1, -0.05) is 47.4 Å². The molecule has 4 aromatic rings.